The van der Waals surface area contributed by atoms with E-state index >= 15 is 0 Å². The van der Waals surface area contributed by atoms with Crippen molar-refractivity contribution in [3.63, 3.8) is 0 Å². The molecule has 1 aliphatic carbocycles. The third-order valence-electron chi connectivity index (χ3n) is 4.57. The molecule has 1 saturated carbocycles. The van der Waals surface area contributed by atoms with E-state index in [4.69, 9.17) is 0 Å². The monoisotopic (exact) mass is 329 g/mol. The minimum absolute atomic E-state index is 0.278. The van der Waals surface area contributed by atoms with Crippen LogP contribution in [-0.2, 0) is 4.79 Å². The first kappa shape index (κ1) is 16.1. The van der Waals surface area contributed by atoms with Crippen LogP contribution in [0.25, 0.3) is 0 Å². The molecule has 1 aromatic carbocycles. The summed E-state index contributed by atoms with van der Waals surface area (Å²) in [4.78, 5) is 13.5. The fourth-order valence-corrected chi connectivity index (χ4v) is 3.36. The van der Waals surface area contributed by atoms with Crippen molar-refractivity contribution in [1.29, 1.82) is 0 Å². The number of hydrogen-bond acceptors (Lipinski definition) is 4. The van der Waals surface area contributed by atoms with Crippen LogP contribution in [0.1, 0.15) is 25.7 Å². The minimum Gasteiger partial charge on any atom is -0.395 e. The molecule has 0 radical (unpaired) electrons. The Bertz CT molecular complexity index is 608. The van der Waals surface area contributed by atoms with E-state index in [1.807, 2.05) is 0 Å². The van der Waals surface area contributed by atoms with E-state index in [1.54, 1.807) is 0 Å². The molecule has 0 amide bonds. The zero-order chi connectivity index (χ0) is 16.6. The largest absolute Gasteiger partial charge is 0.586 e. The highest BCUT2D eigenvalue weighted by atomic mass is 19.3. The van der Waals surface area contributed by atoms with Gasteiger partial charge in [-0.2, -0.15) is 0 Å². The summed E-state index contributed by atoms with van der Waals surface area (Å²) in [7, 11) is 2.14. The Morgan fingerprint density at radius 1 is 1.26 bits per heavy atom. The molecule has 7 heteroatoms. The quantitative estimate of drug-likeness (QED) is 0.733. The van der Waals surface area contributed by atoms with Crippen molar-refractivity contribution in [3.05, 3.63) is 24.0 Å². The van der Waals surface area contributed by atoms with E-state index in [0.717, 1.165) is 31.2 Å². The number of para-hydroxylation sites is 1. The third-order valence-corrected chi connectivity index (χ3v) is 4.57. The van der Waals surface area contributed by atoms with Crippen molar-refractivity contribution < 1.29 is 27.4 Å². The topological polar surface area (TPSA) is 38.8 Å². The maximum Gasteiger partial charge on any atom is 0.586 e. The molecular formula is C16H18F3NO3. The van der Waals surface area contributed by atoms with E-state index in [0.29, 0.717) is 11.8 Å². The molecule has 2 fully saturated rings. The molecule has 0 bridgehead atoms. The summed E-state index contributed by atoms with van der Waals surface area (Å²) < 4.78 is 45.2. The molecular weight excluding hydrogens is 311 g/mol. The van der Waals surface area contributed by atoms with Gasteiger partial charge in [0, 0.05) is 18.9 Å². The van der Waals surface area contributed by atoms with Gasteiger partial charge in [-0.15, -0.1) is 8.78 Å². The lowest BCUT2D eigenvalue weighted by molar-refractivity contribution is -0.287. The van der Waals surface area contributed by atoms with Gasteiger partial charge in [-0.25, -0.2) is 4.39 Å². The lowest BCUT2D eigenvalue weighted by Gasteiger charge is -2.28. The molecule has 1 aromatic rings. The van der Waals surface area contributed by atoms with Crippen LogP contribution in [0.15, 0.2) is 18.2 Å². The Labute approximate surface area is 132 Å². The van der Waals surface area contributed by atoms with Crippen LogP contribution in [0.2, 0.25) is 0 Å². The van der Waals surface area contributed by atoms with E-state index in [1.165, 1.54) is 25.1 Å². The van der Waals surface area contributed by atoms with Gasteiger partial charge in [0.25, 0.3) is 0 Å². The number of Topliss-reactive ketones (excluding diaryl/α,β-unsaturated/α-hetero) is 1. The predicted molar refractivity (Wildman–Crippen MR) is 76.0 cm³/mol. The summed E-state index contributed by atoms with van der Waals surface area (Å²) in [5.74, 6) is -0.370. The molecule has 23 heavy (non-hydrogen) atoms. The normalized spacial score (nSPS) is 28.1. The van der Waals surface area contributed by atoms with Crippen molar-refractivity contribution in [2.75, 3.05) is 13.6 Å². The van der Waals surface area contributed by atoms with Gasteiger partial charge in [0.1, 0.15) is 5.78 Å². The Hall–Kier alpha value is -1.76. The first-order chi connectivity index (χ1) is 10.9. The number of carbonyl (C=O) groups excluding carboxylic acids is 1. The van der Waals surface area contributed by atoms with Gasteiger partial charge in [-0.05, 0) is 44.5 Å². The molecule has 0 aromatic heterocycles. The van der Waals surface area contributed by atoms with Crippen molar-refractivity contribution in [2.45, 2.75) is 38.0 Å². The summed E-state index contributed by atoms with van der Waals surface area (Å²) in [6.45, 7) is 1.20. The second kappa shape index (κ2) is 6.03. The highest BCUT2D eigenvalue weighted by Gasteiger charge is 2.44. The molecule has 4 rings (SSSR count). The molecule has 126 valence electrons. The lowest BCUT2D eigenvalue weighted by Crippen LogP contribution is -2.35. The van der Waals surface area contributed by atoms with E-state index in [9.17, 15) is 18.0 Å². The number of likely N-dealkylation sites (tertiary alicyclic amines) is 1. The van der Waals surface area contributed by atoms with Crippen LogP contribution in [0.5, 0.6) is 11.5 Å². The predicted octanol–water partition coefficient (Wildman–Crippen LogP) is 3.21. The molecule has 2 atom stereocenters. The van der Waals surface area contributed by atoms with E-state index in [-0.39, 0.29) is 5.75 Å². The minimum atomic E-state index is -3.75. The zero-order valence-electron chi connectivity index (χ0n) is 12.7. The van der Waals surface area contributed by atoms with Crippen molar-refractivity contribution >= 4 is 5.78 Å². The number of hydrogen-bond donors (Lipinski definition) is 0. The number of benzene rings is 1. The lowest BCUT2D eigenvalue weighted by atomic mass is 9.84. The number of rotatable bonds is 0. The Balaban J connectivity index is 0.000000136. The fourth-order valence-electron chi connectivity index (χ4n) is 3.36. The fraction of sp³-hybridized carbons (Fsp3) is 0.562. The standard InChI is InChI=1S/C9H15NO.C7H3F3O2/c1-10-5-4-7-2-3-8(11)6-9(7)10;8-4-2-1-3-5-6(4)12-7(9,10)11-5/h7,9H,2-6H2,1H3;1-3H. The van der Waals surface area contributed by atoms with Crippen molar-refractivity contribution in [3.8, 4) is 11.5 Å². The SMILES string of the molecule is CN1CCC2CCC(=O)CC21.Fc1cccc2c1OC(F)(F)O2. The maximum absolute atomic E-state index is 12.7. The number of ketones is 1. The first-order valence-corrected chi connectivity index (χ1v) is 7.62. The Kier molecular flexibility index (Phi) is 4.23. The second-order valence-electron chi connectivity index (χ2n) is 6.11. The number of ether oxygens (including phenoxy) is 2. The van der Waals surface area contributed by atoms with E-state index in [2.05, 4.69) is 21.4 Å². The number of halogens is 3. The summed E-state index contributed by atoms with van der Waals surface area (Å²) in [6.07, 6.45) is 0.378. The van der Waals surface area contributed by atoms with Crippen LogP contribution in [0.4, 0.5) is 13.2 Å². The Morgan fingerprint density at radius 3 is 2.78 bits per heavy atom. The summed E-state index contributed by atoms with van der Waals surface area (Å²) in [5.41, 5.74) is 0. The average Bonchev–Trinajstić information content (AvgIpc) is 3.00. The van der Waals surface area contributed by atoms with Crippen LogP contribution < -0.4 is 9.47 Å². The zero-order valence-corrected chi connectivity index (χ0v) is 12.7. The highest BCUT2D eigenvalue weighted by Crippen LogP contribution is 2.42. The van der Waals surface area contributed by atoms with Crippen LogP contribution in [0, 0.1) is 11.7 Å². The smallest absolute Gasteiger partial charge is 0.395 e. The third kappa shape index (κ3) is 3.44. The molecule has 0 spiro atoms. The van der Waals surface area contributed by atoms with Gasteiger partial charge in [0.05, 0.1) is 0 Å². The average molecular weight is 329 g/mol. The summed E-state index contributed by atoms with van der Waals surface area (Å²) in [6, 6.07) is 4.08. The number of carbonyl (C=O) groups is 1. The van der Waals surface area contributed by atoms with Crippen LogP contribution in [-0.4, -0.2) is 36.6 Å². The molecule has 2 heterocycles. The number of nitrogens with zero attached hydrogens (tertiary/aromatic N) is 1. The number of fused-ring (bicyclic) bond motifs is 2. The molecule has 2 aliphatic heterocycles. The van der Waals surface area contributed by atoms with Crippen LogP contribution in [0.3, 0.4) is 0 Å². The second-order valence-corrected chi connectivity index (χ2v) is 6.11. The van der Waals surface area contributed by atoms with Gasteiger partial charge in [-0.1, -0.05) is 6.07 Å². The van der Waals surface area contributed by atoms with Gasteiger partial charge >= 0.3 is 6.29 Å². The maximum atomic E-state index is 12.7. The first-order valence-electron chi connectivity index (χ1n) is 7.62. The number of alkyl halides is 2. The highest BCUT2D eigenvalue weighted by molar-refractivity contribution is 5.80. The van der Waals surface area contributed by atoms with Gasteiger partial charge in [0.2, 0.25) is 5.75 Å². The molecule has 4 nitrogen and oxygen atoms in total. The van der Waals surface area contributed by atoms with Crippen molar-refractivity contribution in [2.24, 2.45) is 5.92 Å². The van der Waals surface area contributed by atoms with Gasteiger partial charge < -0.3 is 14.4 Å². The van der Waals surface area contributed by atoms with Gasteiger partial charge in [-0.3, -0.25) is 4.79 Å². The van der Waals surface area contributed by atoms with Crippen LogP contribution >= 0.6 is 0 Å². The van der Waals surface area contributed by atoms with Gasteiger partial charge in [0.15, 0.2) is 11.6 Å². The van der Waals surface area contributed by atoms with E-state index < -0.39 is 17.9 Å². The molecule has 0 N–H and O–H groups in total. The summed E-state index contributed by atoms with van der Waals surface area (Å²) >= 11 is 0. The molecule has 2 unspecified atom stereocenters. The molecule has 3 aliphatic rings. The van der Waals surface area contributed by atoms with Crippen molar-refractivity contribution in [1.82, 2.24) is 4.90 Å². The Morgan fingerprint density at radius 2 is 2.04 bits per heavy atom. The summed E-state index contributed by atoms with van der Waals surface area (Å²) in [5, 5.41) is 0. The molecule has 1 saturated heterocycles.